The highest BCUT2D eigenvalue weighted by atomic mass is 16.5. The first-order valence-electron chi connectivity index (χ1n) is 6.43. The van der Waals surface area contributed by atoms with Gasteiger partial charge < -0.3 is 20.1 Å². The number of hydrogen-bond donors (Lipinski definition) is 2. The fourth-order valence-electron chi connectivity index (χ4n) is 2.09. The minimum atomic E-state index is -0.0965. The zero-order valence-electron chi connectivity index (χ0n) is 10.7. The van der Waals surface area contributed by atoms with Crippen LogP contribution in [0.15, 0.2) is 0 Å². The van der Waals surface area contributed by atoms with Gasteiger partial charge in [-0.3, -0.25) is 0 Å². The molecular weight excluding hydrogens is 220 g/mol. The molecule has 0 radical (unpaired) electrons. The van der Waals surface area contributed by atoms with Gasteiger partial charge >= 0.3 is 6.03 Å². The van der Waals surface area contributed by atoms with E-state index < -0.39 is 0 Å². The van der Waals surface area contributed by atoms with E-state index in [0.717, 1.165) is 25.9 Å². The van der Waals surface area contributed by atoms with E-state index in [0.29, 0.717) is 13.0 Å². The molecule has 1 aliphatic heterocycles. The summed E-state index contributed by atoms with van der Waals surface area (Å²) in [5, 5.41) is 11.8. The molecular formula is C12H24N2O3. The third-order valence-corrected chi connectivity index (χ3v) is 3.07. The maximum Gasteiger partial charge on any atom is 0.317 e. The predicted octanol–water partition coefficient (Wildman–Crippen LogP) is 0.969. The van der Waals surface area contributed by atoms with Crippen LogP contribution < -0.4 is 5.32 Å². The zero-order valence-corrected chi connectivity index (χ0v) is 10.7. The van der Waals surface area contributed by atoms with Crippen LogP contribution in [0.25, 0.3) is 0 Å². The molecule has 0 aliphatic carbocycles. The van der Waals surface area contributed by atoms with Crippen molar-refractivity contribution in [3.8, 4) is 0 Å². The van der Waals surface area contributed by atoms with Crippen LogP contribution >= 0.6 is 0 Å². The Hall–Kier alpha value is -0.810. The van der Waals surface area contributed by atoms with Crippen LogP contribution in [-0.2, 0) is 4.74 Å². The third-order valence-electron chi connectivity index (χ3n) is 3.07. The highest BCUT2D eigenvalue weighted by Gasteiger charge is 2.18. The Morgan fingerprint density at radius 3 is 2.53 bits per heavy atom. The van der Waals surface area contributed by atoms with E-state index in [1.807, 2.05) is 4.90 Å². The van der Waals surface area contributed by atoms with E-state index in [9.17, 15) is 4.79 Å². The summed E-state index contributed by atoms with van der Waals surface area (Å²) in [5.74, 6) is 0. The molecule has 2 N–H and O–H groups in total. The average molecular weight is 244 g/mol. The van der Waals surface area contributed by atoms with Crippen LogP contribution in [0.5, 0.6) is 0 Å². The summed E-state index contributed by atoms with van der Waals surface area (Å²) >= 11 is 0. The summed E-state index contributed by atoms with van der Waals surface area (Å²) in [4.78, 5) is 13.9. The van der Waals surface area contributed by atoms with Crippen molar-refractivity contribution in [1.29, 1.82) is 0 Å². The second-order valence-corrected chi connectivity index (χ2v) is 4.52. The van der Waals surface area contributed by atoms with Crippen molar-refractivity contribution in [3.05, 3.63) is 0 Å². The van der Waals surface area contributed by atoms with Crippen LogP contribution in [-0.4, -0.2) is 55.5 Å². The van der Waals surface area contributed by atoms with Gasteiger partial charge in [0.15, 0.2) is 0 Å². The Morgan fingerprint density at radius 2 is 2.00 bits per heavy atom. The quantitative estimate of drug-likeness (QED) is 0.757. The standard InChI is InChI=1S/C12H24N2O3/c1-17-10-11(6-9-15)13-12(16)14-7-4-2-3-5-8-14/h11,15H,2-10H2,1H3,(H,13,16). The van der Waals surface area contributed by atoms with Crippen molar-refractivity contribution in [1.82, 2.24) is 10.2 Å². The maximum absolute atomic E-state index is 12.0. The van der Waals surface area contributed by atoms with Gasteiger partial charge in [-0.05, 0) is 19.3 Å². The van der Waals surface area contributed by atoms with E-state index in [4.69, 9.17) is 9.84 Å². The summed E-state index contributed by atoms with van der Waals surface area (Å²) in [6.07, 6.45) is 5.13. The third kappa shape index (κ3) is 5.37. The summed E-state index contributed by atoms with van der Waals surface area (Å²) in [5.41, 5.74) is 0. The number of methoxy groups -OCH3 is 1. The molecule has 100 valence electrons. The topological polar surface area (TPSA) is 61.8 Å². The van der Waals surface area contributed by atoms with Crippen molar-refractivity contribution in [2.75, 3.05) is 33.4 Å². The van der Waals surface area contributed by atoms with E-state index in [2.05, 4.69) is 5.32 Å². The lowest BCUT2D eigenvalue weighted by Gasteiger charge is -2.24. The molecule has 5 heteroatoms. The number of likely N-dealkylation sites (tertiary alicyclic amines) is 1. The van der Waals surface area contributed by atoms with E-state index in [1.165, 1.54) is 12.8 Å². The molecule has 0 bridgehead atoms. The lowest BCUT2D eigenvalue weighted by molar-refractivity contribution is 0.141. The zero-order chi connectivity index (χ0) is 12.5. The number of carbonyl (C=O) groups is 1. The first kappa shape index (κ1) is 14.3. The number of ether oxygens (including phenoxy) is 1. The predicted molar refractivity (Wildman–Crippen MR) is 65.9 cm³/mol. The number of hydrogen-bond acceptors (Lipinski definition) is 3. The molecule has 0 spiro atoms. The first-order valence-corrected chi connectivity index (χ1v) is 6.43. The maximum atomic E-state index is 12.0. The van der Waals surface area contributed by atoms with Crippen molar-refractivity contribution < 1.29 is 14.6 Å². The van der Waals surface area contributed by atoms with E-state index >= 15 is 0 Å². The smallest absolute Gasteiger partial charge is 0.317 e. The van der Waals surface area contributed by atoms with Gasteiger partial charge in [-0.1, -0.05) is 12.8 Å². The Kier molecular flexibility index (Phi) is 6.96. The summed E-state index contributed by atoms with van der Waals surface area (Å²) < 4.78 is 5.03. The molecule has 0 aromatic heterocycles. The van der Waals surface area contributed by atoms with Gasteiger partial charge in [0, 0.05) is 26.8 Å². The number of nitrogens with one attached hydrogen (secondary N) is 1. The fraction of sp³-hybridized carbons (Fsp3) is 0.917. The Balaban J connectivity index is 2.38. The molecule has 1 fully saturated rings. The number of aliphatic hydroxyl groups is 1. The van der Waals surface area contributed by atoms with Gasteiger partial charge in [0.25, 0.3) is 0 Å². The minimum absolute atomic E-state index is 0.0256. The van der Waals surface area contributed by atoms with Crippen LogP contribution in [0.1, 0.15) is 32.1 Å². The molecule has 1 heterocycles. The molecule has 1 unspecified atom stereocenters. The van der Waals surface area contributed by atoms with E-state index in [1.54, 1.807) is 7.11 Å². The van der Waals surface area contributed by atoms with Crippen molar-refractivity contribution in [2.24, 2.45) is 0 Å². The number of carbonyl (C=O) groups excluding carboxylic acids is 1. The molecule has 5 nitrogen and oxygen atoms in total. The van der Waals surface area contributed by atoms with Gasteiger partial charge in [0.05, 0.1) is 12.6 Å². The molecule has 1 aliphatic rings. The molecule has 1 saturated heterocycles. The molecule has 0 aromatic carbocycles. The number of urea groups is 1. The second-order valence-electron chi connectivity index (χ2n) is 4.52. The van der Waals surface area contributed by atoms with Crippen molar-refractivity contribution in [3.63, 3.8) is 0 Å². The Labute approximate surface area is 103 Å². The van der Waals surface area contributed by atoms with Gasteiger partial charge in [-0.15, -0.1) is 0 Å². The van der Waals surface area contributed by atoms with Crippen molar-refractivity contribution >= 4 is 6.03 Å². The van der Waals surface area contributed by atoms with Gasteiger partial charge in [-0.25, -0.2) is 4.79 Å². The van der Waals surface area contributed by atoms with Gasteiger partial charge in [-0.2, -0.15) is 0 Å². The molecule has 2 amide bonds. The van der Waals surface area contributed by atoms with Crippen LogP contribution in [0, 0.1) is 0 Å². The van der Waals surface area contributed by atoms with Crippen molar-refractivity contribution in [2.45, 2.75) is 38.1 Å². The summed E-state index contributed by atoms with van der Waals surface area (Å²) in [7, 11) is 1.60. The second kappa shape index (κ2) is 8.31. The van der Waals surface area contributed by atoms with E-state index in [-0.39, 0.29) is 18.7 Å². The molecule has 1 atom stereocenters. The monoisotopic (exact) mass is 244 g/mol. The summed E-state index contributed by atoms with van der Waals surface area (Å²) in [6.45, 7) is 2.18. The fourth-order valence-corrected chi connectivity index (χ4v) is 2.09. The lowest BCUT2D eigenvalue weighted by Crippen LogP contribution is -2.47. The number of aliphatic hydroxyl groups excluding tert-OH is 1. The van der Waals surface area contributed by atoms with Crippen LogP contribution in [0.4, 0.5) is 4.79 Å². The largest absolute Gasteiger partial charge is 0.396 e. The van der Waals surface area contributed by atoms with Crippen LogP contribution in [0.3, 0.4) is 0 Å². The SMILES string of the molecule is COCC(CCO)NC(=O)N1CCCCCC1. The first-order chi connectivity index (χ1) is 8.27. The minimum Gasteiger partial charge on any atom is -0.396 e. The van der Waals surface area contributed by atoms with Gasteiger partial charge in [0.2, 0.25) is 0 Å². The molecule has 1 rings (SSSR count). The number of rotatable bonds is 5. The molecule has 0 saturated carbocycles. The lowest BCUT2D eigenvalue weighted by atomic mass is 10.2. The molecule has 0 aromatic rings. The highest BCUT2D eigenvalue weighted by Crippen LogP contribution is 2.09. The average Bonchev–Trinajstić information content (AvgIpc) is 2.58. The van der Waals surface area contributed by atoms with Crippen LogP contribution in [0.2, 0.25) is 0 Å². The summed E-state index contributed by atoms with van der Waals surface area (Å²) in [6, 6.07) is -0.122. The Morgan fingerprint density at radius 1 is 1.35 bits per heavy atom. The Bertz CT molecular complexity index is 210. The molecule has 17 heavy (non-hydrogen) atoms. The van der Waals surface area contributed by atoms with Gasteiger partial charge in [0.1, 0.15) is 0 Å². The highest BCUT2D eigenvalue weighted by molar-refractivity contribution is 5.74. The number of nitrogens with zero attached hydrogens (tertiary/aromatic N) is 1. The normalized spacial score (nSPS) is 18.6. The number of amides is 2.